The molecular weight excluding hydrogens is 284 g/mol. The topological polar surface area (TPSA) is 81.4 Å². The van der Waals surface area contributed by atoms with Crippen LogP contribution >= 0.6 is 0 Å². The number of carboxylic acid groups (broad SMARTS) is 1. The molecule has 0 amide bonds. The van der Waals surface area contributed by atoms with Crippen molar-refractivity contribution in [2.45, 2.75) is 38.8 Å². The summed E-state index contributed by atoms with van der Waals surface area (Å²) in [6.45, 7) is 2.85. The number of aromatic nitrogens is 2. The van der Waals surface area contributed by atoms with Crippen LogP contribution in [0.3, 0.4) is 0 Å². The molecule has 0 bridgehead atoms. The maximum absolute atomic E-state index is 12.6. The fraction of sp³-hybridized carbons (Fsp3) is 0.438. The van der Waals surface area contributed by atoms with Crippen LogP contribution in [0.1, 0.15) is 35.3 Å². The van der Waals surface area contributed by atoms with E-state index in [1.807, 2.05) is 0 Å². The van der Waals surface area contributed by atoms with Crippen molar-refractivity contribution in [3.8, 4) is 0 Å². The number of hydrogen-bond donors (Lipinski definition) is 1. The highest BCUT2D eigenvalue weighted by molar-refractivity contribution is 5.93. The molecule has 1 aliphatic heterocycles. The predicted octanol–water partition coefficient (Wildman–Crippen LogP) is 1.97. The Balaban J connectivity index is 2.02. The standard InChI is InChI=1S/C16H18N2O4/c1-10-12(16(20)21)8-13-14(17-10)5-6-18(15(13)19)9-11-4-2-3-7-22-11/h5-6,8,11H,2-4,7,9H2,1H3,(H,20,21). The highest BCUT2D eigenvalue weighted by atomic mass is 16.5. The summed E-state index contributed by atoms with van der Waals surface area (Å²) >= 11 is 0. The summed E-state index contributed by atoms with van der Waals surface area (Å²) in [6.07, 6.45) is 4.86. The van der Waals surface area contributed by atoms with Crippen LogP contribution in [0, 0.1) is 6.92 Å². The molecule has 0 aliphatic carbocycles. The Hall–Kier alpha value is -2.21. The molecular formula is C16H18N2O4. The number of ether oxygens (including phenoxy) is 1. The van der Waals surface area contributed by atoms with Crippen molar-refractivity contribution in [2.24, 2.45) is 0 Å². The lowest BCUT2D eigenvalue weighted by Crippen LogP contribution is -2.30. The fourth-order valence-electron chi connectivity index (χ4n) is 2.84. The normalized spacial score (nSPS) is 18.5. The van der Waals surface area contributed by atoms with Crippen molar-refractivity contribution >= 4 is 16.9 Å². The zero-order valence-electron chi connectivity index (χ0n) is 12.4. The van der Waals surface area contributed by atoms with Gasteiger partial charge >= 0.3 is 5.97 Å². The first-order chi connectivity index (χ1) is 10.6. The van der Waals surface area contributed by atoms with E-state index < -0.39 is 5.97 Å². The molecule has 1 saturated heterocycles. The third kappa shape index (κ3) is 2.74. The van der Waals surface area contributed by atoms with Crippen LogP contribution in [0.2, 0.25) is 0 Å². The van der Waals surface area contributed by atoms with Gasteiger partial charge in [-0.2, -0.15) is 0 Å². The molecule has 1 N–H and O–H groups in total. The van der Waals surface area contributed by atoms with Gasteiger partial charge in [-0.3, -0.25) is 9.78 Å². The predicted molar refractivity (Wildman–Crippen MR) is 81.3 cm³/mol. The second-order valence-corrected chi connectivity index (χ2v) is 5.62. The Morgan fingerprint density at radius 3 is 3.00 bits per heavy atom. The molecule has 2 aromatic rings. The van der Waals surface area contributed by atoms with Crippen LogP contribution in [0.4, 0.5) is 0 Å². The van der Waals surface area contributed by atoms with Gasteiger partial charge < -0.3 is 14.4 Å². The third-order valence-corrected chi connectivity index (χ3v) is 4.05. The van der Waals surface area contributed by atoms with E-state index in [-0.39, 0.29) is 17.2 Å². The van der Waals surface area contributed by atoms with Gasteiger partial charge in [0.15, 0.2) is 0 Å². The lowest BCUT2D eigenvalue weighted by Gasteiger charge is -2.23. The van der Waals surface area contributed by atoms with E-state index in [0.29, 0.717) is 23.1 Å². The number of carboxylic acids is 1. The van der Waals surface area contributed by atoms with Crippen LogP contribution < -0.4 is 5.56 Å². The largest absolute Gasteiger partial charge is 0.478 e. The average molecular weight is 302 g/mol. The van der Waals surface area contributed by atoms with Gasteiger partial charge in [0.25, 0.3) is 5.56 Å². The van der Waals surface area contributed by atoms with Crippen LogP contribution in [-0.4, -0.2) is 33.3 Å². The molecule has 1 aliphatic rings. The quantitative estimate of drug-likeness (QED) is 0.937. The summed E-state index contributed by atoms with van der Waals surface area (Å²) in [6, 6.07) is 3.17. The van der Waals surface area contributed by atoms with Gasteiger partial charge in [0.05, 0.1) is 34.8 Å². The number of aryl methyl sites for hydroxylation is 1. The molecule has 0 aromatic carbocycles. The molecule has 0 saturated carbocycles. The van der Waals surface area contributed by atoms with Crippen LogP contribution in [0.25, 0.3) is 10.9 Å². The molecule has 0 radical (unpaired) electrons. The van der Waals surface area contributed by atoms with Gasteiger partial charge in [-0.1, -0.05) is 0 Å². The third-order valence-electron chi connectivity index (χ3n) is 4.05. The van der Waals surface area contributed by atoms with Gasteiger partial charge in [-0.25, -0.2) is 4.79 Å². The summed E-state index contributed by atoms with van der Waals surface area (Å²) in [5.41, 5.74) is 0.777. The molecule has 1 unspecified atom stereocenters. The molecule has 6 nitrogen and oxygen atoms in total. The monoisotopic (exact) mass is 302 g/mol. The van der Waals surface area contributed by atoms with Gasteiger partial charge in [-0.05, 0) is 38.3 Å². The number of fused-ring (bicyclic) bond motifs is 1. The molecule has 116 valence electrons. The minimum atomic E-state index is -1.07. The highest BCUT2D eigenvalue weighted by Gasteiger charge is 2.17. The SMILES string of the molecule is Cc1nc2ccn(CC3CCCCO3)c(=O)c2cc1C(=O)O. The van der Waals surface area contributed by atoms with Crippen molar-refractivity contribution < 1.29 is 14.6 Å². The van der Waals surface area contributed by atoms with Gasteiger partial charge in [0, 0.05) is 12.8 Å². The lowest BCUT2D eigenvalue weighted by molar-refractivity contribution is 0.00550. The Morgan fingerprint density at radius 2 is 2.32 bits per heavy atom. The lowest BCUT2D eigenvalue weighted by atomic mass is 10.1. The fourth-order valence-corrected chi connectivity index (χ4v) is 2.84. The van der Waals surface area contributed by atoms with Crippen molar-refractivity contribution in [3.63, 3.8) is 0 Å². The zero-order valence-corrected chi connectivity index (χ0v) is 12.4. The molecule has 6 heteroatoms. The summed E-state index contributed by atoms with van der Waals surface area (Å²) in [5, 5.41) is 9.51. The van der Waals surface area contributed by atoms with Crippen molar-refractivity contribution in [3.05, 3.63) is 39.9 Å². The first-order valence-electron chi connectivity index (χ1n) is 7.42. The van der Waals surface area contributed by atoms with E-state index in [2.05, 4.69) is 4.98 Å². The van der Waals surface area contributed by atoms with Crippen molar-refractivity contribution in [1.29, 1.82) is 0 Å². The summed E-state index contributed by atoms with van der Waals surface area (Å²) < 4.78 is 7.24. The van der Waals surface area contributed by atoms with E-state index in [4.69, 9.17) is 4.74 Å². The molecule has 3 rings (SSSR count). The number of rotatable bonds is 3. The first-order valence-corrected chi connectivity index (χ1v) is 7.42. The van der Waals surface area contributed by atoms with E-state index in [1.54, 1.807) is 23.8 Å². The van der Waals surface area contributed by atoms with Gasteiger partial charge in [0.1, 0.15) is 0 Å². The van der Waals surface area contributed by atoms with Gasteiger partial charge in [-0.15, -0.1) is 0 Å². The Bertz CT molecular complexity index is 776. The molecule has 1 atom stereocenters. The maximum atomic E-state index is 12.6. The molecule has 1 fully saturated rings. The van der Waals surface area contributed by atoms with E-state index in [0.717, 1.165) is 25.9 Å². The molecule has 3 heterocycles. The minimum absolute atomic E-state index is 0.0428. The van der Waals surface area contributed by atoms with E-state index in [9.17, 15) is 14.7 Å². The zero-order chi connectivity index (χ0) is 15.7. The summed E-state index contributed by atoms with van der Waals surface area (Å²) in [5.74, 6) is -1.07. The maximum Gasteiger partial charge on any atom is 0.337 e. The minimum Gasteiger partial charge on any atom is -0.478 e. The Morgan fingerprint density at radius 1 is 1.50 bits per heavy atom. The highest BCUT2D eigenvalue weighted by Crippen LogP contribution is 2.16. The average Bonchev–Trinajstić information content (AvgIpc) is 2.50. The Labute approximate surface area is 127 Å². The van der Waals surface area contributed by atoms with Crippen LogP contribution in [-0.2, 0) is 11.3 Å². The van der Waals surface area contributed by atoms with Crippen LogP contribution in [0.5, 0.6) is 0 Å². The van der Waals surface area contributed by atoms with Crippen LogP contribution in [0.15, 0.2) is 23.1 Å². The number of carbonyl (C=O) groups is 1. The van der Waals surface area contributed by atoms with Gasteiger partial charge in [0.2, 0.25) is 0 Å². The number of hydrogen-bond acceptors (Lipinski definition) is 4. The Kier molecular flexibility index (Phi) is 3.94. The molecule has 22 heavy (non-hydrogen) atoms. The second kappa shape index (κ2) is 5.88. The smallest absolute Gasteiger partial charge is 0.337 e. The summed E-state index contributed by atoms with van der Waals surface area (Å²) in [4.78, 5) is 28.0. The number of aromatic carboxylic acids is 1. The number of nitrogens with zero attached hydrogens (tertiary/aromatic N) is 2. The summed E-state index contributed by atoms with van der Waals surface area (Å²) in [7, 11) is 0. The van der Waals surface area contributed by atoms with E-state index in [1.165, 1.54) is 6.07 Å². The first kappa shape index (κ1) is 14.7. The molecule has 2 aromatic heterocycles. The van der Waals surface area contributed by atoms with E-state index >= 15 is 0 Å². The van der Waals surface area contributed by atoms with Crippen molar-refractivity contribution in [1.82, 2.24) is 9.55 Å². The molecule has 0 spiro atoms. The number of pyridine rings is 2. The second-order valence-electron chi connectivity index (χ2n) is 5.62. The van der Waals surface area contributed by atoms with Crippen molar-refractivity contribution in [2.75, 3.05) is 6.61 Å².